The van der Waals surface area contributed by atoms with Crippen molar-refractivity contribution in [3.05, 3.63) is 72.9 Å². The molecule has 0 saturated carbocycles. The fourth-order valence-electron chi connectivity index (χ4n) is 2.18. The van der Waals surface area contributed by atoms with Crippen molar-refractivity contribution in [2.75, 3.05) is 11.1 Å². The Balaban J connectivity index is 1.73. The second-order valence-corrected chi connectivity index (χ2v) is 7.15. The highest BCUT2D eigenvalue weighted by Crippen LogP contribution is 2.23. The largest absolute Gasteiger partial charge is 0.444 e. The number of furan rings is 1. The highest BCUT2D eigenvalue weighted by Gasteiger charge is 2.16. The third kappa shape index (κ3) is 4.58. The monoisotopic (exact) mass is 465 g/mol. The first-order valence-corrected chi connectivity index (χ1v) is 9.44. The molecule has 3 rings (SSSR count). The van der Waals surface area contributed by atoms with E-state index in [1.54, 1.807) is 12.1 Å². The average molecular weight is 466 g/mol. The number of nitrogens with two attached hydrogens (primary N) is 1. The van der Waals surface area contributed by atoms with E-state index in [1.807, 2.05) is 0 Å². The molecule has 4 N–H and O–H groups in total. The quantitative estimate of drug-likeness (QED) is 0.216. The number of nitrogen functional groups attached to an aromatic ring is 1. The minimum Gasteiger partial charge on any atom is -0.444 e. The molecule has 0 saturated heterocycles. The predicted octanol–water partition coefficient (Wildman–Crippen LogP) is 3.16. The third-order valence-corrected chi connectivity index (χ3v) is 4.83. The van der Waals surface area contributed by atoms with Crippen LogP contribution in [0.25, 0.3) is 0 Å². The summed E-state index contributed by atoms with van der Waals surface area (Å²) in [5.74, 6) is -0.489. The van der Waals surface area contributed by atoms with Gasteiger partial charge >= 0.3 is 0 Å². The summed E-state index contributed by atoms with van der Waals surface area (Å²) in [5, 5.41) is 13.4. The van der Waals surface area contributed by atoms with Crippen LogP contribution in [0.4, 0.5) is 17.2 Å². The first kappa shape index (κ1) is 19.6. The number of anilines is 2. The summed E-state index contributed by atoms with van der Waals surface area (Å²) in [6.07, 6.45) is 0. The number of hydrogen-bond acceptors (Lipinski definition) is 8. The Hall–Kier alpha value is -3.12. The van der Waals surface area contributed by atoms with Crippen LogP contribution in [-0.2, 0) is 5.75 Å². The minimum absolute atomic E-state index is 0.00482. The van der Waals surface area contributed by atoms with Crippen LogP contribution in [0.1, 0.15) is 16.1 Å². The number of H-pyrrole nitrogens is 1. The van der Waals surface area contributed by atoms with E-state index >= 15 is 0 Å². The number of nitro benzene ring substituents is 1. The molecule has 2 heterocycles. The van der Waals surface area contributed by atoms with E-state index in [-0.39, 0.29) is 28.1 Å². The average Bonchev–Trinajstić information content (AvgIpc) is 3.09. The zero-order valence-corrected chi connectivity index (χ0v) is 16.4. The predicted molar refractivity (Wildman–Crippen MR) is 106 cm³/mol. The number of aromatic amines is 1. The highest BCUT2D eigenvalue weighted by atomic mass is 79.9. The number of benzene rings is 1. The van der Waals surface area contributed by atoms with Crippen molar-refractivity contribution in [2.45, 2.75) is 10.9 Å². The Kier molecular flexibility index (Phi) is 5.80. The first-order chi connectivity index (χ1) is 13.3. The molecule has 0 spiro atoms. The summed E-state index contributed by atoms with van der Waals surface area (Å²) in [6.45, 7) is 0. The van der Waals surface area contributed by atoms with Gasteiger partial charge in [0.25, 0.3) is 17.2 Å². The molecule has 0 aliphatic carbocycles. The molecule has 0 atom stereocenters. The zero-order chi connectivity index (χ0) is 20.3. The van der Waals surface area contributed by atoms with Crippen molar-refractivity contribution in [3.8, 4) is 0 Å². The van der Waals surface area contributed by atoms with Gasteiger partial charge in [0.2, 0.25) is 0 Å². The van der Waals surface area contributed by atoms with E-state index in [9.17, 15) is 19.7 Å². The molecule has 1 aromatic carbocycles. The molecule has 0 fully saturated rings. The SMILES string of the molecule is Nc1nc(SCc2cccc([N+](=O)[O-])c2)[nH]c(=O)c1NC(=O)c1ccc(Br)o1. The second-order valence-electron chi connectivity index (χ2n) is 5.40. The maximum Gasteiger partial charge on any atom is 0.291 e. The van der Waals surface area contributed by atoms with Crippen molar-refractivity contribution in [3.63, 3.8) is 0 Å². The molecule has 28 heavy (non-hydrogen) atoms. The van der Waals surface area contributed by atoms with Gasteiger partial charge in [-0.2, -0.15) is 0 Å². The lowest BCUT2D eigenvalue weighted by Gasteiger charge is -2.07. The summed E-state index contributed by atoms with van der Waals surface area (Å²) in [4.78, 5) is 41.3. The highest BCUT2D eigenvalue weighted by molar-refractivity contribution is 9.10. The summed E-state index contributed by atoms with van der Waals surface area (Å²) in [7, 11) is 0. The molecule has 0 unspecified atom stereocenters. The summed E-state index contributed by atoms with van der Waals surface area (Å²) >= 11 is 4.22. The Bertz CT molecular complexity index is 1110. The summed E-state index contributed by atoms with van der Waals surface area (Å²) in [6, 6.07) is 9.09. The van der Waals surface area contributed by atoms with Gasteiger partial charge in [-0.3, -0.25) is 24.7 Å². The number of nitro groups is 1. The van der Waals surface area contributed by atoms with E-state index in [0.717, 1.165) is 11.8 Å². The summed E-state index contributed by atoms with van der Waals surface area (Å²) in [5.41, 5.74) is 5.63. The van der Waals surface area contributed by atoms with E-state index in [0.29, 0.717) is 16.0 Å². The van der Waals surface area contributed by atoms with Crippen molar-refractivity contribution in [1.29, 1.82) is 0 Å². The molecular formula is C16H12BrN5O5S. The van der Waals surface area contributed by atoms with Crippen LogP contribution in [0.2, 0.25) is 0 Å². The molecule has 0 aliphatic heterocycles. The first-order valence-electron chi connectivity index (χ1n) is 7.66. The number of thioether (sulfide) groups is 1. The van der Waals surface area contributed by atoms with E-state index < -0.39 is 16.4 Å². The Morgan fingerprint density at radius 1 is 1.39 bits per heavy atom. The molecule has 2 aromatic heterocycles. The van der Waals surface area contributed by atoms with Crippen molar-refractivity contribution < 1.29 is 14.1 Å². The fourth-order valence-corrected chi connectivity index (χ4v) is 3.30. The standard InChI is InChI=1S/C16H12BrN5O5S/c17-11-5-4-10(27-11)14(23)19-12-13(18)20-16(21-15(12)24)28-7-8-2-1-3-9(6-8)22(25)26/h1-6H,7H2,(H,19,23)(H3,18,20,21,24). The van der Waals surface area contributed by atoms with Gasteiger partial charge in [0, 0.05) is 17.9 Å². The van der Waals surface area contributed by atoms with Gasteiger partial charge in [0.05, 0.1) is 4.92 Å². The topological polar surface area (TPSA) is 157 Å². The van der Waals surface area contributed by atoms with Crippen LogP contribution in [0.3, 0.4) is 0 Å². The Labute approximate surface area is 169 Å². The number of aromatic nitrogens is 2. The van der Waals surface area contributed by atoms with Crippen LogP contribution in [-0.4, -0.2) is 20.8 Å². The molecule has 1 amide bonds. The lowest BCUT2D eigenvalue weighted by Crippen LogP contribution is -2.22. The van der Waals surface area contributed by atoms with Crippen molar-refractivity contribution >= 4 is 50.8 Å². The second kappa shape index (κ2) is 8.27. The number of carbonyl (C=O) groups is 1. The van der Waals surface area contributed by atoms with Gasteiger partial charge in [0.1, 0.15) is 0 Å². The maximum atomic E-state index is 12.3. The number of carbonyl (C=O) groups excluding carboxylic acids is 1. The number of halogens is 1. The van der Waals surface area contributed by atoms with E-state index in [4.69, 9.17) is 10.2 Å². The summed E-state index contributed by atoms with van der Waals surface area (Å²) < 4.78 is 5.48. The molecule has 0 bridgehead atoms. The maximum absolute atomic E-state index is 12.3. The Morgan fingerprint density at radius 2 is 2.18 bits per heavy atom. The van der Waals surface area contributed by atoms with Gasteiger partial charge in [-0.05, 0) is 33.6 Å². The van der Waals surface area contributed by atoms with Crippen molar-refractivity contribution in [1.82, 2.24) is 9.97 Å². The lowest BCUT2D eigenvalue weighted by atomic mass is 10.2. The van der Waals surface area contributed by atoms with E-state index in [2.05, 4.69) is 31.2 Å². The molecule has 3 aromatic rings. The van der Waals surface area contributed by atoms with Gasteiger partial charge in [-0.15, -0.1) is 0 Å². The number of non-ortho nitro benzene ring substituents is 1. The normalized spacial score (nSPS) is 10.6. The number of amides is 1. The lowest BCUT2D eigenvalue weighted by molar-refractivity contribution is -0.384. The van der Waals surface area contributed by atoms with Gasteiger partial charge in [-0.25, -0.2) is 4.98 Å². The molecule has 144 valence electrons. The minimum atomic E-state index is -0.651. The van der Waals surface area contributed by atoms with Crippen LogP contribution < -0.4 is 16.6 Å². The van der Waals surface area contributed by atoms with Crippen LogP contribution >= 0.6 is 27.7 Å². The van der Waals surface area contributed by atoms with Gasteiger partial charge in [-0.1, -0.05) is 23.9 Å². The fraction of sp³-hybridized carbons (Fsp3) is 0.0625. The van der Waals surface area contributed by atoms with Crippen LogP contribution in [0.15, 0.2) is 55.4 Å². The third-order valence-electron chi connectivity index (χ3n) is 3.46. The molecule has 0 aliphatic rings. The smallest absolute Gasteiger partial charge is 0.291 e. The number of nitrogens with one attached hydrogen (secondary N) is 2. The molecular weight excluding hydrogens is 454 g/mol. The molecule has 10 nitrogen and oxygen atoms in total. The van der Waals surface area contributed by atoms with E-state index in [1.165, 1.54) is 24.3 Å². The molecule has 0 radical (unpaired) electrons. The van der Waals surface area contributed by atoms with Crippen LogP contribution in [0.5, 0.6) is 0 Å². The van der Waals surface area contributed by atoms with Crippen LogP contribution in [0, 0.1) is 10.1 Å². The Morgan fingerprint density at radius 3 is 2.82 bits per heavy atom. The number of nitrogens with zero attached hydrogens (tertiary/aromatic N) is 2. The number of rotatable bonds is 6. The van der Waals surface area contributed by atoms with Gasteiger partial charge in [0.15, 0.2) is 27.1 Å². The zero-order valence-electron chi connectivity index (χ0n) is 14.0. The molecule has 12 heteroatoms. The van der Waals surface area contributed by atoms with Crippen molar-refractivity contribution in [2.24, 2.45) is 0 Å². The number of hydrogen-bond donors (Lipinski definition) is 3. The van der Waals surface area contributed by atoms with Gasteiger partial charge < -0.3 is 15.5 Å².